The van der Waals surface area contributed by atoms with E-state index in [4.69, 9.17) is 9.47 Å². The second-order valence-corrected chi connectivity index (χ2v) is 14.3. The fourth-order valence-electron chi connectivity index (χ4n) is 7.69. The summed E-state index contributed by atoms with van der Waals surface area (Å²) in [7, 11) is 0. The van der Waals surface area contributed by atoms with E-state index in [2.05, 4.69) is 34.4 Å². The van der Waals surface area contributed by atoms with Crippen LogP contribution in [0.25, 0.3) is 0 Å². The van der Waals surface area contributed by atoms with Gasteiger partial charge in [0.2, 0.25) is 11.8 Å². The molecule has 3 aliphatic heterocycles. The van der Waals surface area contributed by atoms with Crippen molar-refractivity contribution in [1.82, 2.24) is 10.2 Å². The summed E-state index contributed by atoms with van der Waals surface area (Å²) >= 11 is 3.74. The lowest BCUT2D eigenvalue weighted by Crippen LogP contribution is -2.59. The number of alkyl halides is 1. The molecule has 0 aliphatic carbocycles. The zero-order chi connectivity index (χ0) is 35.5. The molecular weight excluding hydrogens is 690 g/mol. The van der Waals surface area contributed by atoms with Gasteiger partial charge < -0.3 is 29.7 Å². The van der Waals surface area contributed by atoms with E-state index >= 15 is 0 Å². The second kappa shape index (κ2) is 15.4. The van der Waals surface area contributed by atoms with Gasteiger partial charge in [-0.05, 0) is 55.9 Å². The van der Waals surface area contributed by atoms with Crippen molar-refractivity contribution in [1.29, 1.82) is 0 Å². The van der Waals surface area contributed by atoms with E-state index in [-0.39, 0.29) is 36.9 Å². The van der Waals surface area contributed by atoms with Crippen LogP contribution < -0.4 is 10.2 Å². The van der Waals surface area contributed by atoms with Crippen LogP contribution in [0.3, 0.4) is 0 Å². The zero-order valence-corrected chi connectivity index (χ0v) is 29.9. The van der Waals surface area contributed by atoms with Crippen LogP contribution in [0.2, 0.25) is 0 Å². The Hall–Kier alpha value is -3.80. The van der Waals surface area contributed by atoms with Gasteiger partial charge in [0.25, 0.3) is 5.91 Å². The molecule has 0 saturated carbocycles. The number of aliphatic hydroxyl groups excluding tert-OH is 1. The first-order valence-electron chi connectivity index (χ1n) is 16.9. The molecule has 5 rings (SSSR count). The van der Waals surface area contributed by atoms with Crippen molar-refractivity contribution in [2.24, 2.45) is 11.8 Å². The number of hydrogen-bond donors (Lipinski definition) is 2. The van der Waals surface area contributed by atoms with Gasteiger partial charge in [0.1, 0.15) is 18.2 Å². The van der Waals surface area contributed by atoms with E-state index in [1.807, 2.05) is 69.3 Å². The molecule has 2 aromatic carbocycles. The average molecular weight is 737 g/mol. The lowest BCUT2D eigenvalue weighted by Gasteiger charge is -2.39. The van der Waals surface area contributed by atoms with Crippen LogP contribution in [0, 0.1) is 25.7 Å². The number of carbonyl (C=O) groups excluding carboxylic acids is 4. The van der Waals surface area contributed by atoms with Crippen LogP contribution >= 0.6 is 15.9 Å². The van der Waals surface area contributed by atoms with Crippen molar-refractivity contribution in [2.45, 2.75) is 81.1 Å². The summed E-state index contributed by atoms with van der Waals surface area (Å²) in [6, 6.07) is 12.6. The van der Waals surface area contributed by atoms with Crippen LogP contribution in [0.5, 0.6) is 0 Å². The minimum Gasteiger partial charge on any atom is -0.463 e. The van der Waals surface area contributed by atoms with Crippen molar-refractivity contribution < 1.29 is 33.8 Å². The Morgan fingerprint density at radius 2 is 1.92 bits per heavy atom. The predicted octanol–water partition coefficient (Wildman–Crippen LogP) is 4.71. The number of likely N-dealkylation sites (tertiary alicyclic amines) is 1. The average Bonchev–Trinajstić information content (AvgIpc) is 3.69. The van der Waals surface area contributed by atoms with Crippen LogP contribution in [0.1, 0.15) is 55.3 Å². The molecule has 3 fully saturated rings. The van der Waals surface area contributed by atoms with Gasteiger partial charge in [-0.25, -0.2) is 0 Å². The van der Waals surface area contributed by atoms with Crippen molar-refractivity contribution in [3.05, 3.63) is 90.5 Å². The maximum absolute atomic E-state index is 14.9. The summed E-state index contributed by atoms with van der Waals surface area (Å²) in [5.74, 6) is -3.52. The Morgan fingerprint density at radius 1 is 1.18 bits per heavy atom. The highest BCUT2D eigenvalue weighted by molar-refractivity contribution is 9.09. The number of halogens is 1. The first-order chi connectivity index (χ1) is 23.5. The maximum atomic E-state index is 14.9. The molecule has 49 heavy (non-hydrogen) atoms. The molecule has 0 aromatic heterocycles. The molecule has 2 aromatic rings. The Bertz CT molecular complexity index is 1580. The number of esters is 1. The van der Waals surface area contributed by atoms with E-state index < -0.39 is 59.5 Å². The Labute approximate surface area is 296 Å². The third kappa shape index (κ3) is 6.85. The molecule has 3 aliphatic rings. The second-order valence-electron chi connectivity index (χ2n) is 13.2. The number of amides is 3. The fourth-order valence-corrected chi connectivity index (χ4v) is 8.63. The zero-order valence-electron chi connectivity index (χ0n) is 28.3. The van der Waals surface area contributed by atoms with Crippen LogP contribution in [-0.4, -0.2) is 82.1 Å². The van der Waals surface area contributed by atoms with Crippen LogP contribution in [-0.2, 0) is 28.7 Å². The van der Waals surface area contributed by atoms with Gasteiger partial charge >= 0.3 is 5.97 Å². The van der Waals surface area contributed by atoms with Crippen LogP contribution in [0.4, 0.5) is 5.69 Å². The quantitative estimate of drug-likeness (QED) is 0.154. The molecule has 8 atom stereocenters. The number of carbonyl (C=O) groups is 4. The number of fused-ring (bicyclic) bond motifs is 1. The third-order valence-corrected chi connectivity index (χ3v) is 10.9. The van der Waals surface area contributed by atoms with Gasteiger partial charge in [0.15, 0.2) is 0 Å². The monoisotopic (exact) mass is 735 g/mol. The molecule has 1 spiro atoms. The first-order valence-corrected chi connectivity index (χ1v) is 17.8. The molecule has 3 saturated heterocycles. The van der Waals surface area contributed by atoms with Gasteiger partial charge in [0, 0.05) is 23.5 Å². The number of benzene rings is 2. The number of aliphatic hydroxyl groups is 1. The standard InChI is InChI=1S/C38H46BrN3O7/c1-6-9-15-30(44)48-22-28(25-13-11-10-12-14-25)40-35(45)31-32-36(46)42(26(8-3)21-43)34(38(32)20-27(39)33(31)49-38)37(47)41(18-7-2)29-19-23(4)16-17-24(29)5/h6-7,10-14,16-17,19,26-28,31-34,43H,1-2,8-9,15,18,20-22H2,3-5H3,(H,40,45)/t26-,27?,28+,31-,32+,33-,34-,38+/m0/s1. The number of aryl methyl sites for hydroxylation is 2. The lowest BCUT2D eigenvalue weighted by atomic mass is 9.70. The summed E-state index contributed by atoms with van der Waals surface area (Å²) in [5.41, 5.74) is 1.95. The van der Waals surface area contributed by atoms with Crippen molar-refractivity contribution in [2.75, 3.05) is 24.7 Å². The first kappa shape index (κ1) is 36.5. The fraction of sp³-hybridized carbons (Fsp3) is 0.474. The summed E-state index contributed by atoms with van der Waals surface area (Å²) in [4.78, 5) is 59.2. The van der Waals surface area contributed by atoms with Crippen molar-refractivity contribution in [3.8, 4) is 0 Å². The molecule has 2 N–H and O–H groups in total. The summed E-state index contributed by atoms with van der Waals surface area (Å²) in [6.07, 6.45) is 3.94. The molecule has 1 unspecified atom stereocenters. The SMILES string of the molecule is C=CCCC(=O)OC[C@@H](NC(=O)[C@@H]1[C@H]2O[C@@]3(CC2Br)[C@H](C(=O)N(CC=C)c2cc(C)ccc2C)N([C@@H](CC)CO)C(=O)[C@@H]13)c1ccccc1. The van der Waals surface area contributed by atoms with E-state index in [0.717, 1.165) is 16.7 Å². The normalized spacial score (nSPS) is 26.5. The molecule has 2 bridgehead atoms. The molecule has 11 heteroatoms. The van der Waals surface area contributed by atoms with Gasteiger partial charge in [-0.2, -0.15) is 0 Å². The molecule has 0 radical (unpaired) electrons. The van der Waals surface area contributed by atoms with Gasteiger partial charge in [-0.15, -0.1) is 13.2 Å². The third-order valence-electron chi connectivity index (χ3n) is 10.1. The van der Waals surface area contributed by atoms with Crippen LogP contribution in [0.15, 0.2) is 73.8 Å². The van der Waals surface area contributed by atoms with E-state index in [9.17, 15) is 24.3 Å². The van der Waals surface area contributed by atoms with E-state index in [0.29, 0.717) is 24.9 Å². The maximum Gasteiger partial charge on any atom is 0.306 e. The Morgan fingerprint density at radius 3 is 2.57 bits per heavy atom. The van der Waals surface area contributed by atoms with Crippen molar-refractivity contribution in [3.63, 3.8) is 0 Å². The van der Waals surface area contributed by atoms with E-state index in [1.54, 1.807) is 17.1 Å². The van der Waals surface area contributed by atoms with E-state index in [1.165, 1.54) is 4.90 Å². The number of anilines is 1. The number of allylic oxidation sites excluding steroid dienone is 1. The molecule has 3 amide bonds. The molecule has 10 nitrogen and oxygen atoms in total. The van der Waals surface area contributed by atoms with Gasteiger partial charge in [-0.3, -0.25) is 19.2 Å². The number of nitrogens with zero attached hydrogens (tertiary/aromatic N) is 2. The van der Waals surface area contributed by atoms with Gasteiger partial charge in [-0.1, -0.05) is 77.5 Å². The number of nitrogens with one attached hydrogen (secondary N) is 1. The smallest absolute Gasteiger partial charge is 0.306 e. The highest BCUT2D eigenvalue weighted by atomic mass is 79.9. The highest BCUT2D eigenvalue weighted by Gasteiger charge is 2.77. The minimum absolute atomic E-state index is 0.104. The van der Waals surface area contributed by atoms with Crippen molar-refractivity contribution >= 4 is 45.3 Å². The van der Waals surface area contributed by atoms with Gasteiger partial charge in [0.05, 0.1) is 36.6 Å². The summed E-state index contributed by atoms with van der Waals surface area (Å²) in [5, 5.41) is 13.5. The molecule has 262 valence electrons. The summed E-state index contributed by atoms with van der Waals surface area (Å²) < 4.78 is 12.3. The highest BCUT2D eigenvalue weighted by Crippen LogP contribution is 2.60. The summed E-state index contributed by atoms with van der Waals surface area (Å²) in [6.45, 7) is 13.0. The number of hydrogen-bond acceptors (Lipinski definition) is 7. The molecule has 3 heterocycles. The topological polar surface area (TPSA) is 125 Å². The molecular formula is C38H46BrN3O7. The lowest BCUT2D eigenvalue weighted by molar-refractivity contribution is -0.146. The minimum atomic E-state index is -1.33. The predicted molar refractivity (Wildman–Crippen MR) is 190 cm³/mol. The number of rotatable bonds is 15. The Balaban J connectivity index is 1.52. The largest absolute Gasteiger partial charge is 0.463 e. The Kier molecular flexibility index (Phi) is 11.5. The number of ether oxygens (including phenoxy) is 2.